The summed E-state index contributed by atoms with van der Waals surface area (Å²) in [6, 6.07) is 0.888. The van der Waals surface area contributed by atoms with E-state index in [-0.39, 0.29) is 0 Å². The highest BCUT2D eigenvalue weighted by molar-refractivity contribution is 4.81. The Kier molecular flexibility index (Phi) is 4.79. The quantitative estimate of drug-likeness (QED) is 0.646. The molecule has 0 aliphatic carbocycles. The molecule has 0 amide bonds. The predicted octanol–water partition coefficient (Wildman–Crippen LogP) is 3.30. The van der Waals surface area contributed by atoms with Crippen LogP contribution in [0.1, 0.15) is 52.4 Å². The molecule has 0 aromatic rings. The first kappa shape index (κ1) is 11.0. The van der Waals surface area contributed by atoms with Gasteiger partial charge in [0.1, 0.15) is 0 Å². The third kappa shape index (κ3) is 2.98. The van der Waals surface area contributed by atoms with E-state index >= 15 is 0 Å². The fourth-order valence-corrected chi connectivity index (χ4v) is 2.67. The normalized spacial score (nSPS) is 30.7. The zero-order valence-electron chi connectivity index (χ0n) is 9.55. The van der Waals surface area contributed by atoms with E-state index in [1.165, 1.54) is 45.1 Å². The van der Waals surface area contributed by atoms with Crippen molar-refractivity contribution in [2.75, 3.05) is 13.6 Å². The van der Waals surface area contributed by atoms with Crippen LogP contribution in [0, 0.1) is 5.92 Å². The van der Waals surface area contributed by atoms with E-state index in [1.807, 2.05) is 0 Å². The van der Waals surface area contributed by atoms with Crippen molar-refractivity contribution in [1.82, 2.24) is 4.90 Å². The van der Waals surface area contributed by atoms with Gasteiger partial charge in [0.25, 0.3) is 0 Å². The number of piperidine rings is 1. The highest BCUT2D eigenvalue weighted by atomic mass is 15.1. The van der Waals surface area contributed by atoms with Gasteiger partial charge in [0, 0.05) is 6.04 Å². The zero-order chi connectivity index (χ0) is 9.68. The van der Waals surface area contributed by atoms with Gasteiger partial charge in [-0.1, -0.05) is 33.1 Å². The van der Waals surface area contributed by atoms with Crippen LogP contribution in [-0.2, 0) is 0 Å². The first-order valence-corrected chi connectivity index (χ1v) is 5.99. The lowest BCUT2D eigenvalue weighted by atomic mass is 9.85. The molecule has 2 atom stereocenters. The molecule has 78 valence electrons. The second-order valence-electron chi connectivity index (χ2n) is 4.50. The molecule has 1 nitrogen and oxygen atoms in total. The smallest absolute Gasteiger partial charge is 0.0120 e. The molecule has 1 aliphatic heterocycles. The summed E-state index contributed by atoms with van der Waals surface area (Å²) in [7, 11) is 2.31. The lowest BCUT2D eigenvalue weighted by molar-refractivity contribution is 0.108. The molecule has 0 saturated carbocycles. The second kappa shape index (κ2) is 5.64. The summed E-state index contributed by atoms with van der Waals surface area (Å²) in [4.78, 5) is 2.59. The molecular formula is C12H25N. The highest BCUT2D eigenvalue weighted by Gasteiger charge is 2.26. The van der Waals surface area contributed by atoms with Crippen molar-refractivity contribution >= 4 is 0 Å². The van der Waals surface area contributed by atoms with E-state index in [0.29, 0.717) is 0 Å². The Hall–Kier alpha value is -0.0400. The van der Waals surface area contributed by atoms with Crippen molar-refractivity contribution in [3.05, 3.63) is 0 Å². The number of likely N-dealkylation sites (tertiary alicyclic amines) is 1. The summed E-state index contributed by atoms with van der Waals surface area (Å²) < 4.78 is 0. The maximum atomic E-state index is 2.59. The van der Waals surface area contributed by atoms with Gasteiger partial charge in [-0.05, 0) is 38.8 Å². The van der Waals surface area contributed by atoms with Gasteiger partial charge in [-0.2, -0.15) is 0 Å². The van der Waals surface area contributed by atoms with Gasteiger partial charge in [-0.15, -0.1) is 0 Å². The minimum Gasteiger partial charge on any atom is -0.303 e. The number of nitrogens with zero attached hydrogens (tertiary/aromatic N) is 1. The Bertz CT molecular complexity index is 133. The van der Waals surface area contributed by atoms with Gasteiger partial charge in [0.2, 0.25) is 0 Å². The van der Waals surface area contributed by atoms with Crippen LogP contribution in [-0.4, -0.2) is 24.5 Å². The van der Waals surface area contributed by atoms with E-state index in [9.17, 15) is 0 Å². The minimum atomic E-state index is 0.888. The molecule has 2 unspecified atom stereocenters. The van der Waals surface area contributed by atoms with Gasteiger partial charge in [0.15, 0.2) is 0 Å². The monoisotopic (exact) mass is 183 g/mol. The average Bonchev–Trinajstić information content (AvgIpc) is 2.15. The summed E-state index contributed by atoms with van der Waals surface area (Å²) in [5.74, 6) is 0.977. The van der Waals surface area contributed by atoms with E-state index < -0.39 is 0 Å². The van der Waals surface area contributed by atoms with Gasteiger partial charge < -0.3 is 4.90 Å². The molecule has 1 aliphatic rings. The van der Waals surface area contributed by atoms with Crippen molar-refractivity contribution in [2.45, 2.75) is 58.4 Å². The Morgan fingerprint density at radius 1 is 1.31 bits per heavy atom. The third-order valence-corrected chi connectivity index (χ3v) is 3.57. The molecule has 0 aromatic heterocycles. The average molecular weight is 183 g/mol. The van der Waals surface area contributed by atoms with Crippen LogP contribution in [0.15, 0.2) is 0 Å². The fraction of sp³-hybridized carbons (Fsp3) is 1.00. The van der Waals surface area contributed by atoms with Gasteiger partial charge in [0.05, 0.1) is 0 Å². The summed E-state index contributed by atoms with van der Waals surface area (Å²) >= 11 is 0. The molecule has 1 heteroatoms. The highest BCUT2D eigenvalue weighted by Crippen LogP contribution is 2.28. The van der Waals surface area contributed by atoms with Crippen LogP contribution >= 0.6 is 0 Å². The second-order valence-corrected chi connectivity index (χ2v) is 4.50. The molecule has 13 heavy (non-hydrogen) atoms. The molecule has 0 radical (unpaired) electrons. The van der Waals surface area contributed by atoms with E-state index in [4.69, 9.17) is 0 Å². The maximum absolute atomic E-state index is 2.59. The van der Waals surface area contributed by atoms with Crippen LogP contribution in [0.3, 0.4) is 0 Å². The van der Waals surface area contributed by atoms with Gasteiger partial charge in [-0.25, -0.2) is 0 Å². The zero-order valence-corrected chi connectivity index (χ0v) is 9.55. The molecule has 0 N–H and O–H groups in total. The largest absolute Gasteiger partial charge is 0.303 e. The van der Waals surface area contributed by atoms with Crippen LogP contribution < -0.4 is 0 Å². The molecule has 1 fully saturated rings. The number of rotatable bonds is 4. The molecule has 0 spiro atoms. The van der Waals surface area contributed by atoms with Gasteiger partial charge >= 0.3 is 0 Å². The van der Waals surface area contributed by atoms with Crippen LogP contribution in [0.5, 0.6) is 0 Å². The maximum Gasteiger partial charge on any atom is 0.0120 e. The van der Waals surface area contributed by atoms with Crippen molar-refractivity contribution in [1.29, 1.82) is 0 Å². The van der Waals surface area contributed by atoms with Crippen molar-refractivity contribution in [3.8, 4) is 0 Å². The van der Waals surface area contributed by atoms with E-state index in [2.05, 4.69) is 25.8 Å². The Morgan fingerprint density at radius 3 is 2.69 bits per heavy atom. The lowest BCUT2D eigenvalue weighted by Gasteiger charge is -2.39. The van der Waals surface area contributed by atoms with Crippen LogP contribution in [0.25, 0.3) is 0 Å². The standard InChI is InChI=1S/C12H25N/c1-4-6-9-12-11(5-2)8-7-10-13(12)3/h11-12H,4-10H2,1-3H3. The van der Waals surface area contributed by atoms with E-state index in [0.717, 1.165) is 12.0 Å². The summed E-state index contributed by atoms with van der Waals surface area (Å²) in [6.07, 6.45) is 8.43. The molecule has 1 heterocycles. The van der Waals surface area contributed by atoms with Gasteiger partial charge in [-0.3, -0.25) is 0 Å². The number of unbranched alkanes of at least 4 members (excludes halogenated alkanes) is 1. The first-order valence-electron chi connectivity index (χ1n) is 5.99. The summed E-state index contributed by atoms with van der Waals surface area (Å²) in [6.45, 7) is 5.97. The first-order chi connectivity index (χ1) is 6.29. The summed E-state index contributed by atoms with van der Waals surface area (Å²) in [5, 5.41) is 0. The third-order valence-electron chi connectivity index (χ3n) is 3.57. The van der Waals surface area contributed by atoms with Crippen molar-refractivity contribution < 1.29 is 0 Å². The fourth-order valence-electron chi connectivity index (χ4n) is 2.67. The van der Waals surface area contributed by atoms with Crippen molar-refractivity contribution in [3.63, 3.8) is 0 Å². The Balaban J connectivity index is 2.41. The number of hydrogen-bond acceptors (Lipinski definition) is 1. The van der Waals surface area contributed by atoms with Crippen LogP contribution in [0.4, 0.5) is 0 Å². The molecule has 1 saturated heterocycles. The number of hydrogen-bond donors (Lipinski definition) is 0. The molecule has 0 bridgehead atoms. The molecule has 0 aromatic carbocycles. The molecule has 1 rings (SSSR count). The van der Waals surface area contributed by atoms with E-state index in [1.54, 1.807) is 0 Å². The summed E-state index contributed by atoms with van der Waals surface area (Å²) in [5.41, 5.74) is 0. The minimum absolute atomic E-state index is 0.888. The van der Waals surface area contributed by atoms with Crippen LogP contribution in [0.2, 0.25) is 0 Å². The lowest BCUT2D eigenvalue weighted by Crippen LogP contribution is -2.42. The SMILES string of the molecule is CCCCC1C(CC)CCCN1C. The van der Waals surface area contributed by atoms with Crippen molar-refractivity contribution in [2.24, 2.45) is 5.92 Å². The Labute approximate surface area is 83.5 Å². The molecular weight excluding hydrogens is 158 g/mol. The predicted molar refractivity (Wildman–Crippen MR) is 59.0 cm³/mol. The Morgan fingerprint density at radius 2 is 2.08 bits per heavy atom. The topological polar surface area (TPSA) is 3.24 Å².